The highest BCUT2D eigenvalue weighted by atomic mass is 16.5. The summed E-state index contributed by atoms with van der Waals surface area (Å²) in [6.45, 7) is 3.92. The molecular formula is C21H37NO5. The first-order chi connectivity index (χ1) is 12.8. The summed E-state index contributed by atoms with van der Waals surface area (Å²) in [6, 6.07) is -0.242. The molecule has 1 saturated carbocycles. The zero-order valence-electron chi connectivity index (χ0n) is 16.7. The van der Waals surface area contributed by atoms with Crippen molar-refractivity contribution in [2.24, 2.45) is 11.8 Å². The van der Waals surface area contributed by atoms with Crippen LogP contribution in [0.2, 0.25) is 0 Å². The van der Waals surface area contributed by atoms with Crippen LogP contribution >= 0.6 is 0 Å². The Morgan fingerprint density at radius 2 is 2.00 bits per heavy atom. The monoisotopic (exact) mass is 383 g/mol. The molecule has 0 radical (unpaired) electrons. The Balaban J connectivity index is 2.64. The summed E-state index contributed by atoms with van der Waals surface area (Å²) in [5.41, 5.74) is 1.41. The zero-order chi connectivity index (χ0) is 20.3. The maximum atomic E-state index is 10.5. The number of carboxylic acids is 1. The summed E-state index contributed by atoms with van der Waals surface area (Å²) in [7, 11) is 0. The van der Waals surface area contributed by atoms with Crippen molar-refractivity contribution < 1.29 is 25.3 Å². The Morgan fingerprint density at radius 1 is 1.26 bits per heavy atom. The molecule has 1 rings (SSSR count). The molecule has 5 unspecified atom stereocenters. The number of hydroxylamine groups is 1. The van der Waals surface area contributed by atoms with Gasteiger partial charge in [-0.25, -0.2) is 5.48 Å². The van der Waals surface area contributed by atoms with Gasteiger partial charge in [-0.3, -0.25) is 4.79 Å². The van der Waals surface area contributed by atoms with E-state index in [0.717, 1.165) is 19.3 Å². The second-order valence-electron chi connectivity index (χ2n) is 7.95. The number of allylic oxidation sites excluding steroid dienone is 2. The van der Waals surface area contributed by atoms with Crippen molar-refractivity contribution in [2.75, 3.05) is 0 Å². The molecule has 6 heteroatoms. The third-order valence-corrected chi connectivity index (χ3v) is 5.41. The Kier molecular flexibility index (Phi) is 10.8. The van der Waals surface area contributed by atoms with Gasteiger partial charge in [0.25, 0.3) is 0 Å². The van der Waals surface area contributed by atoms with Gasteiger partial charge in [-0.1, -0.05) is 50.5 Å². The van der Waals surface area contributed by atoms with E-state index < -0.39 is 17.7 Å². The van der Waals surface area contributed by atoms with Crippen LogP contribution in [0.25, 0.3) is 0 Å². The van der Waals surface area contributed by atoms with Gasteiger partial charge in [-0.2, -0.15) is 0 Å². The SMILES string of the molecule is CCCCCC(C)(O)/C=C/C1C(NO)CC(O)C1C/C=C\CCCC(=O)O. The van der Waals surface area contributed by atoms with Crippen LogP contribution in [0.3, 0.4) is 0 Å². The van der Waals surface area contributed by atoms with Gasteiger partial charge in [0, 0.05) is 18.4 Å². The first-order valence-electron chi connectivity index (χ1n) is 10.2. The molecule has 1 fully saturated rings. The van der Waals surface area contributed by atoms with Crippen molar-refractivity contribution in [2.45, 2.75) is 89.4 Å². The number of hydrogen-bond acceptors (Lipinski definition) is 5. The molecule has 0 saturated heterocycles. The Morgan fingerprint density at radius 3 is 2.63 bits per heavy atom. The summed E-state index contributed by atoms with van der Waals surface area (Å²) < 4.78 is 0. The number of carbonyl (C=O) groups is 1. The normalized spacial score (nSPS) is 28.2. The van der Waals surface area contributed by atoms with Crippen LogP contribution in [0.5, 0.6) is 0 Å². The molecule has 0 amide bonds. The minimum absolute atomic E-state index is 0.0481. The van der Waals surface area contributed by atoms with E-state index in [4.69, 9.17) is 5.11 Å². The summed E-state index contributed by atoms with van der Waals surface area (Å²) in [4.78, 5) is 10.5. The van der Waals surface area contributed by atoms with E-state index in [1.807, 2.05) is 18.2 Å². The van der Waals surface area contributed by atoms with Gasteiger partial charge >= 0.3 is 5.97 Å². The largest absolute Gasteiger partial charge is 0.481 e. The third-order valence-electron chi connectivity index (χ3n) is 5.41. The lowest BCUT2D eigenvalue weighted by molar-refractivity contribution is -0.137. The van der Waals surface area contributed by atoms with Gasteiger partial charge < -0.3 is 20.5 Å². The Labute approximate surface area is 162 Å². The Bertz CT molecular complexity index is 489. The number of hydrogen-bond donors (Lipinski definition) is 5. The second kappa shape index (κ2) is 12.3. The topological polar surface area (TPSA) is 110 Å². The molecule has 0 spiro atoms. The summed E-state index contributed by atoms with van der Waals surface area (Å²) in [5.74, 6) is -0.915. The molecule has 0 aliphatic heterocycles. The highest BCUT2D eigenvalue weighted by Crippen LogP contribution is 2.36. The van der Waals surface area contributed by atoms with Gasteiger partial charge in [0.15, 0.2) is 0 Å². The maximum Gasteiger partial charge on any atom is 0.303 e. The highest BCUT2D eigenvalue weighted by Gasteiger charge is 2.40. The average molecular weight is 384 g/mol. The van der Waals surface area contributed by atoms with Crippen molar-refractivity contribution in [3.8, 4) is 0 Å². The molecule has 6 nitrogen and oxygen atoms in total. The van der Waals surface area contributed by atoms with Crippen molar-refractivity contribution in [3.63, 3.8) is 0 Å². The van der Waals surface area contributed by atoms with Gasteiger partial charge in [0.2, 0.25) is 0 Å². The van der Waals surface area contributed by atoms with Crippen molar-refractivity contribution >= 4 is 5.97 Å². The predicted molar refractivity (Wildman–Crippen MR) is 105 cm³/mol. The van der Waals surface area contributed by atoms with E-state index >= 15 is 0 Å². The van der Waals surface area contributed by atoms with Crippen LogP contribution in [0, 0.1) is 11.8 Å². The lowest BCUT2D eigenvalue weighted by atomic mass is 9.87. The second-order valence-corrected chi connectivity index (χ2v) is 7.95. The van der Waals surface area contributed by atoms with Crippen LogP contribution in [-0.4, -0.2) is 44.2 Å². The van der Waals surface area contributed by atoms with Gasteiger partial charge in [0.1, 0.15) is 0 Å². The number of aliphatic hydroxyl groups is 2. The minimum atomic E-state index is -0.889. The van der Waals surface area contributed by atoms with E-state index in [9.17, 15) is 20.2 Å². The van der Waals surface area contributed by atoms with Crippen molar-refractivity contribution in [3.05, 3.63) is 24.3 Å². The molecule has 156 valence electrons. The summed E-state index contributed by atoms with van der Waals surface area (Å²) >= 11 is 0. The fourth-order valence-corrected chi connectivity index (χ4v) is 3.75. The van der Waals surface area contributed by atoms with E-state index in [1.54, 1.807) is 13.0 Å². The standard InChI is InChI=1S/C21H37NO5/c1-3-4-9-13-21(2,26)14-12-16-17(19(23)15-18(16)22-27)10-7-5-6-8-11-20(24)25/h5,7,12,14,16-19,22-23,26-27H,3-4,6,8-11,13,15H2,1-2H3,(H,24,25)/b7-5-,14-12+. The molecular weight excluding hydrogens is 346 g/mol. The fourth-order valence-electron chi connectivity index (χ4n) is 3.75. The van der Waals surface area contributed by atoms with Crippen molar-refractivity contribution in [1.82, 2.24) is 5.48 Å². The van der Waals surface area contributed by atoms with Gasteiger partial charge in [-0.15, -0.1) is 0 Å². The molecule has 5 atom stereocenters. The number of aliphatic hydroxyl groups excluding tert-OH is 1. The number of rotatable bonds is 13. The average Bonchev–Trinajstić information content (AvgIpc) is 2.91. The van der Waals surface area contributed by atoms with Crippen LogP contribution in [0.4, 0.5) is 0 Å². The first kappa shape index (κ1) is 23.8. The highest BCUT2D eigenvalue weighted by molar-refractivity contribution is 5.66. The number of nitrogens with one attached hydrogen (secondary N) is 1. The van der Waals surface area contributed by atoms with Crippen LogP contribution in [-0.2, 0) is 4.79 Å². The molecule has 5 N–H and O–H groups in total. The predicted octanol–water partition coefficient (Wildman–Crippen LogP) is 3.42. The molecule has 1 aliphatic carbocycles. The number of unbranched alkanes of at least 4 members (excludes halogenated alkanes) is 3. The van der Waals surface area contributed by atoms with Crippen LogP contribution in [0.15, 0.2) is 24.3 Å². The fraction of sp³-hybridized carbons (Fsp3) is 0.762. The van der Waals surface area contributed by atoms with Crippen LogP contribution < -0.4 is 5.48 Å². The molecule has 0 aromatic carbocycles. The maximum absolute atomic E-state index is 10.5. The quantitative estimate of drug-likeness (QED) is 0.189. The smallest absolute Gasteiger partial charge is 0.303 e. The Hall–Kier alpha value is -1.21. The van der Waals surface area contributed by atoms with E-state index in [-0.39, 0.29) is 24.3 Å². The molecule has 27 heavy (non-hydrogen) atoms. The van der Waals surface area contributed by atoms with E-state index in [1.165, 1.54) is 0 Å². The molecule has 0 aromatic heterocycles. The lowest BCUT2D eigenvalue weighted by Gasteiger charge is -2.24. The van der Waals surface area contributed by atoms with Gasteiger partial charge in [0.05, 0.1) is 11.7 Å². The van der Waals surface area contributed by atoms with Crippen LogP contribution in [0.1, 0.15) is 71.6 Å². The summed E-state index contributed by atoms with van der Waals surface area (Å²) in [6.07, 6.45) is 13.6. The van der Waals surface area contributed by atoms with Gasteiger partial charge in [-0.05, 0) is 44.9 Å². The van der Waals surface area contributed by atoms with Crippen molar-refractivity contribution in [1.29, 1.82) is 0 Å². The summed E-state index contributed by atoms with van der Waals surface area (Å²) in [5, 5.41) is 39.0. The molecule has 0 bridgehead atoms. The zero-order valence-corrected chi connectivity index (χ0v) is 16.7. The minimum Gasteiger partial charge on any atom is -0.481 e. The number of aliphatic carboxylic acids is 1. The number of carboxylic acid groups (broad SMARTS) is 1. The first-order valence-corrected chi connectivity index (χ1v) is 10.2. The molecule has 1 aliphatic rings. The molecule has 0 heterocycles. The van der Waals surface area contributed by atoms with E-state index in [0.29, 0.717) is 32.1 Å². The van der Waals surface area contributed by atoms with E-state index in [2.05, 4.69) is 12.4 Å². The molecule has 0 aromatic rings. The third kappa shape index (κ3) is 9.02. The lowest BCUT2D eigenvalue weighted by Crippen LogP contribution is -2.31.